The van der Waals surface area contributed by atoms with Crippen LogP contribution in [0.2, 0.25) is 0 Å². The number of amides is 2. The van der Waals surface area contributed by atoms with Crippen LogP contribution >= 0.6 is 0 Å². The van der Waals surface area contributed by atoms with Gasteiger partial charge in [0, 0.05) is 32.2 Å². The first-order chi connectivity index (χ1) is 15.8. The van der Waals surface area contributed by atoms with Crippen LogP contribution in [0, 0.1) is 17.2 Å². The smallest absolute Gasteiger partial charge is 0.405 e. The molecule has 2 fully saturated rings. The third-order valence-corrected chi connectivity index (χ3v) is 7.52. The van der Waals surface area contributed by atoms with Crippen molar-refractivity contribution in [1.29, 1.82) is 5.26 Å². The van der Waals surface area contributed by atoms with Gasteiger partial charge in [-0.3, -0.25) is 9.59 Å². The zero-order valence-electron chi connectivity index (χ0n) is 18.7. The highest BCUT2D eigenvalue weighted by atomic mass is 32.2. The second-order valence-corrected chi connectivity index (χ2v) is 10.6. The number of hydrogen-bond donors (Lipinski definition) is 1. The lowest BCUT2D eigenvalue weighted by Crippen LogP contribution is -2.54. The number of alkyl halides is 3. The molecule has 13 heteroatoms. The van der Waals surface area contributed by atoms with Crippen LogP contribution in [-0.4, -0.2) is 67.7 Å². The Morgan fingerprint density at radius 3 is 2.59 bits per heavy atom. The molecule has 34 heavy (non-hydrogen) atoms. The molecular formula is C21H25F3N4O5S. The number of ether oxygens (including phenoxy) is 1. The van der Waals surface area contributed by atoms with Crippen molar-refractivity contribution < 1.29 is 35.9 Å². The minimum atomic E-state index is -4.96. The van der Waals surface area contributed by atoms with Gasteiger partial charge in [-0.05, 0) is 37.8 Å². The lowest BCUT2D eigenvalue weighted by molar-refractivity contribution is -0.274. The van der Waals surface area contributed by atoms with E-state index in [0.29, 0.717) is 32.2 Å². The Morgan fingerprint density at radius 2 is 2.03 bits per heavy atom. The molecule has 0 spiro atoms. The molecule has 1 saturated carbocycles. The van der Waals surface area contributed by atoms with Crippen LogP contribution < -0.4 is 10.1 Å². The maximum Gasteiger partial charge on any atom is 0.573 e. The maximum absolute atomic E-state index is 13.1. The predicted octanol–water partition coefficient (Wildman–Crippen LogP) is 1.74. The molecule has 0 aromatic heterocycles. The molecule has 186 valence electrons. The molecule has 1 aromatic carbocycles. The molecule has 2 amide bonds. The van der Waals surface area contributed by atoms with Crippen LogP contribution in [0.3, 0.4) is 0 Å². The quantitative estimate of drug-likeness (QED) is 0.607. The average molecular weight is 503 g/mol. The molecule has 1 aliphatic carbocycles. The molecule has 3 rings (SSSR count). The Bertz CT molecular complexity index is 1110. The number of sulfonamides is 1. The highest BCUT2D eigenvalue weighted by Crippen LogP contribution is 2.44. The minimum Gasteiger partial charge on any atom is -0.405 e. The lowest BCUT2D eigenvalue weighted by Gasteiger charge is -2.36. The van der Waals surface area contributed by atoms with Crippen molar-refractivity contribution in [2.24, 2.45) is 5.92 Å². The topological polar surface area (TPSA) is 120 Å². The summed E-state index contributed by atoms with van der Waals surface area (Å²) in [7, 11) is -2.21. The molecule has 1 saturated heterocycles. The van der Waals surface area contributed by atoms with Crippen molar-refractivity contribution >= 4 is 21.8 Å². The van der Waals surface area contributed by atoms with E-state index < -0.39 is 39.5 Å². The van der Waals surface area contributed by atoms with E-state index in [1.165, 1.54) is 24.1 Å². The molecule has 0 bridgehead atoms. The standard InChI is InChI=1S/C21H25F3N4O5S/c1-27(34(2,31)32)20(7-8-20)19(30)28-9-3-4-16(13-28)18(29)26-12-15-6-5-14(11-25)10-17(15)33-21(22,23)24/h5-6,10,16H,3-4,7-9,12-13H2,1-2H3,(H,26,29). The monoisotopic (exact) mass is 502 g/mol. The van der Waals surface area contributed by atoms with Crippen molar-refractivity contribution in [1.82, 2.24) is 14.5 Å². The maximum atomic E-state index is 13.1. The summed E-state index contributed by atoms with van der Waals surface area (Å²) in [6.45, 7) is 0.214. The van der Waals surface area contributed by atoms with Crippen LogP contribution in [-0.2, 0) is 26.2 Å². The largest absolute Gasteiger partial charge is 0.573 e. The number of carbonyl (C=O) groups is 2. The van der Waals surface area contributed by atoms with Crippen molar-refractivity contribution in [3.05, 3.63) is 29.3 Å². The summed E-state index contributed by atoms with van der Waals surface area (Å²) in [4.78, 5) is 27.3. The van der Waals surface area contributed by atoms with Gasteiger partial charge in [0.1, 0.15) is 11.3 Å². The van der Waals surface area contributed by atoms with Gasteiger partial charge in [0.05, 0.1) is 23.8 Å². The third kappa shape index (κ3) is 5.79. The molecule has 1 aromatic rings. The van der Waals surface area contributed by atoms with Gasteiger partial charge < -0.3 is 15.0 Å². The number of nitrogens with zero attached hydrogens (tertiary/aromatic N) is 3. The van der Waals surface area contributed by atoms with E-state index in [1.54, 1.807) is 6.07 Å². The summed E-state index contributed by atoms with van der Waals surface area (Å²) in [5.74, 6) is -1.96. The summed E-state index contributed by atoms with van der Waals surface area (Å²) in [5.41, 5.74) is -1.10. The normalized spacial score (nSPS) is 19.9. The number of likely N-dealkylation sites (N-methyl/N-ethyl adjacent to an activating group) is 1. The summed E-state index contributed by atoms with van der Waals surface area (Å²) in [5, 5.41) is 11.5. The number of carbonyl (C=O) groups excluding carboxylic acids is 2. The summed E-state index contributed by atoms with van der Waals surface area (Å²) in [6, 6.07) is 5.27. The molecule has 1 unspecified atom stereocenters. The Kier molecular flexibility index (Phi) is 7.14. The second kappa shape index (κ2) is 9.42. The first kappa shape index (κ1) is 25.8. The Balaban J connectivity index is 1.66. The fourth-order valence-electron chi connectivity index (χ4n) is 4.09. The Labute approximate surface area is 195 Å². The highest BCUT2D eigenvalue weighted by molar-refractivity contribution is 7.88. The molecule has 1 N–H and O–H groups in total. The summed E-state index contributed by atoms with van der Waals surface area (Å²) < 4.78 is 67.1. The van der Waals surface area contributed by atoms with Gasteiger partial charge in [-0.15, -0.1) is 13.2 Å². The van der Waals surface area contributed by atoms with Crippen molar-refractivity contribution in [2.45, 2.75) is 44.1 Å². The number of benzene rings is 1. The number of halogens is 3. The Hall–Kier alpha value is -2.85. The second-order valence-electron chi connectivity index (χ2n) is 8.55. The lowest BCUT2D eigenvalue weighted by atomic mass is 9.96. The minimum absolute atomic E-state index is 0.0242. The van der Waals surface area contributed by atoms with Crippen LogP contribution in [0.5, 0.6) is 5.75 Å². The van der Waals surface area contributed by atoms with Crippen molar-refractivity contribution in [3.8, 4) is 11.8 Å². The van der Waals surface area contributed by atoms with E-state index in [1.807, 2.05) is 0 Å². The van der Waals surface area contributed by atoms with Crippen LogP contribution in [0.25, 0.3) is 0 Å². The molecule has 1 heterocycles. The zero-order chi connectivity index (χ0) is 25.3. The van der Waals surface area contributed by atoms with Gasteiger partial charge in [-0.25, -0.2) is 8.42 Å². The van der Waals surface area contributed by atoms with Gasteiger partial charge in [0.2, 0.25) is 21.8 Å². The molecule has 2 aliphatic rings. The fourth-order valence-corrected chi connectivity index (χ4v) is 4.98. The van der Waals surface area contributed by atoms with E-state index in [0.717, 1.165) is 16.6 Å². The number of piperidine rings is 1. The molecule has 9 nitrogen and oxygen atoms in total. The van der Waals surface area contributed by atoms with Gasteiger partial charge in [-0.1, -0.05) is 6.07 Å². The number of rotatable bonds is 7. The summed E-state index contributed by atoms with van der Waals surface area (Å²) >= 11 is 0. The first-order valence-electron chi connectivity index (χ1n) is 10.6. The van der Waals surface area contributed by atoms with E-state index >= 15 is 0 Å². The van der Waals surface area contributed by atoms with Crippen molar-refractivity contribution in [3.63, 3.8) is 0 Å². The third-order valence-electron chi connectivity index (χ3n) is 6.18. The van der Waals surface area contributed by atoms with Gasteiger partial charge in [0.15, 0.2) is 0 Å². The van der Waals surface area contributed by atoms with E-state index in [-0.39, 0.29) is 30.1 Å². The SMILES string of the molecule is CN(C1(C(=O)N2CCCC(C(=O)NCc3ccc(C#N)cc3OC(F)(F)F)C2)CC1)S(C)(=O)=O. The van der Waals surface area contributed by atoms with Gasteiger partial charge in [-0.2, -0.15) is 9.57 Å². The molecule has 0 radical (unpaired) electrons. The van der Waals surface area contributed by atoms with E-state index in [4.69, 9.17) is 5.26 Å². The van der Waals surface area contributed by atoms with E-state index in [2.05, 4.69) is 10.1 Å². The molecular weight excluding hydrogens is 477 g/mol. The predicted molar refractivity (Wildman–Crippen MR) is 114 cm³/mol. The van der Waals surface area contributed by atoms with Gasteiger partial charge >= 0.3 is 6.36 Å². The number of likely N-dealkylation sites (tertiary alicyclic amines) is 1. The van der Waals surface area contributed by atoms with Crippen LogP contribution in [0.4, 0.5) is 13.2 Å². The van der Waals surface area contributed by atoms with Crippen molar-refractivity contribution in [2.75, 3.05) is 26.4 Å². The van der Waals surface area contributed by atoms with Crippen LogP contribution in [0.15, 0.2) is 18.2 Å². The van der Waals surface area contributed by atoms with Gasteiger partial charge in [0.25, 0.3) is 0 Å². The molecule has 1 atom stereocenters. The first-order valence-corrected chi connectivity index (χ1v) is 12.4. The average Bonchev–Trinajstić information content (AvgIpc) is 3.57. The fraction of sp³-hybridized carbons (Fsp3) is 0.571. The highest BCUT2D eigenvalue weighted by Gasteiger charge is 2.58. The number of nitrogens with one attached hydrogen (secondary N) is 1. The van der Waals surface area contributed by atoms with E-state index in [9.17, 15) is 31.2 Å². The summed E-state index contributed by atoms with van der Waals surface area (Å²) in [6.07, 6.45) is -2.11. The zero-order valence-corrected chi connectivity index (χ0v) is 19.5. The number of nitriles is 1. The van der Waals surface area contributed by atoms with Crippen LogP contribution in [0.1, 0.15) is 36.8 Å². The Morgan fingerprint density at radius 1 is 1.35 bits per heavy atom. The molecule has 1 aliphatic heterocycles. The number of hydrogen-bond acceptors (Lipinski definition) is 6.